The summed E-state index contributed by atoms with van der Waals surface area (Å²) in [5.74, 6) is -1.29. The second kappa shape index (κ2) is 5.81. The number of amides is 1. The van der Waals surface area contributed by atoms with Gasteiger partial charge in [0.1, 0.15) is 0 Å². The number of rotatable bonds is 5. The van der Waals surface area contributed by atoms with Crippen molar-refractivity contribution in [3.05, 3.63) is 12.2 Å². The van der Waals surface area contributed by atoms with Gasteiger partial charge in [-0.15, -0.1) is 0 Å². The van der Waals surface area contributed by atoms with E-state index in [0.29, 0.717) is 31.6 Å². The highest BCUT2D eigenvalue weighted by Gasteiger charge is 2.40. The molecule has 1 aromatic heterocycles. The van der Waals surface area contributed by atoms with Crippen molar-refractivity contribution >= 4 is 11.9 Å². The number of nitrogens with one attached hydrogen (secondary N) is 1. The van der Waals surface area contributed by atoms with Crippen molar-refractivity contribution in [2.45, 2.75) is 26.2 Å². The minimum Gasteiger partial charge on any atom is -0.481 e. The van der Waals surface area contributed by atoms with Gasteiger partial charge in [0.15, 0.2) is 5.82 Å². The molecule has 0 bridgehead atoms. The normalized spacial score (nSPS) is 26.3. The number of aromatic nitrogens is 2. The molecule has 0 radical (unpaired) electrons. The SMILES string of the molecule is CC1C[C@H](C(=O)NCCc2ncon2)[C@H](C(=O)O)C1. The van der Waals surface area contributed by atoms with Gasteiger partial charge in [-0.05, 0) is 18.8 Å². The van der Waals surface area contributed by atoms with Gasteiger partial charge in [0.2, 0.25) is 12.3 Å². The van der Waals surface area contributed by atoms with E-state index in [1.54, 1.807) is 0 Å². The molecule has 0 spiro atoms. The molecule has 104 valence electrons. The number of aliphatic carboxylic acids is 1. The van der Waals surface area contributed by atoms with Crippen molar-refractivity contribution in [3.63, 3.8) is 0 Å². The number of nitrogens with zero attached hydrogens (tertiary/aromatic N) is 2. The maximum atomic E-state index is 12.0. The predicted octanol–water partition coefficient (Wildman–Crippen LogP) is 0.475. The lowest BCUT2D eigenvalue weighted by Crippen LogP contribution is -2.36. The van der Waals surface area contributed by atoms with Crippen molar-refractivity contribution in [2.24, 2.45) is 17.8 Å². The first-order valence-electron chi connectivity index (χ1n) is 6.33. The van der Waals surface area contributed by atoms with Crippen LogP contribution in [-0.4, -0.2) is 33.7 Å². The maximum Gasteiger partial charge on any atom is 0.307 e. The van der Waals surface area contributed by atoms with E-state index in [1.165, 1.54) is 6.39 Å². The molecule has 1 aliphatic rings. The van der Waals surface area contributed by atoms with E-state index in [9.17, 15) is 9.59 Å². The standard InChI is InChI=1S/C12H17N3O4/c1-7-4-8(9(5-7)12(17)18)11(16)13-3-2-10-14-6-19-15-10/h6-9H,2-5H2,1H3,(H,13,16)(H,17,18)/t7?,8-,9+/m0/s1. The molecule has 0 aliphatic heterocycles. The molecule has 0 aromatic carbocycles. The van der Waals surface area contributed by atoms with Gasteiger partial charge >= 0.3 is 5.97 Å². The number of carboxylic acid groups (broad SMARTS) is 1. The number of hydrogen-bond acceptors (Lipinski definition) is 5. The molecule has 7 nitrogen and oxygen atoms in total. The van der Waals surface area contributed by atoms with E-state index in [4.69, 9.17) is 5.11 Å². The summed E-state index contributed by atoms with van der Waals surface area (Å²) in [5.41, 5.74) is 0. The van der Waals surface area contributed by atoms with Crippen molar-refractivity contribution in [1.82, 2.24) is 15.5 Å². The molecule has 2 rings (SSSR count). The Kier molecular flexibility index (Phi) is 4.13. The van der Waals surface area contributed by atoms with E-state index < -0.39 is 17.8 Å². The van der Waals surface area contributed by atoms with Crippen LogP contribution in [0.25, 0.3) is 0 Å². The second-order valence-electron chi connectivity index (χ2n) is 5.02. The van der Waals surface area contributed by atoms with Crippen LogP contribution in [0.3, 0.4) is 0 Å². The Morgan fingerprint density at radius 3 is 2.84 bits per heavy atom. The quantitative estimate of drug-likeness (QED) is 0.803. The summed E-state index contributed by atoms with van der Waals surface area (Å²) < 4.78 is 4.58. The Morgan fingerprint density at radius 2 is 2.21 bits per heavy atom. The van der Waals surface area contributed by atoms with Gasteiger partial charge in [-0.2, -0.15) is 4.98 Å². The number of carboxylic acids is 1. The van der Waals surface area contributed by atoms with Crippen LogP contribution < -0.4 is 5.32 Å². The fraction of sp³-hybridized carbons (Fsp3) is 0.667. The Bertz CT molecular complexity index is 446. The molecule has 0 saturated heterocycles. The summed E-state index contributed by atoms with van der Waals surface area (Å²) in [6.07, 6.45) is 2.90. The monoisotopic (exact) mass is 267 g/mol. The molecule has 19 heavy (non-hydrogen) atoms. The molecule has 1 aromatic rings. The number of carbonyl (C=O) groups excluding carboxylic acids is 1. The molecule has 1 aliphatic carbocycles. The van der Waals surface area contributed by atoms with Gasteiger partial charge in [0.25, 0.3) is 0 Å². The molecule has 3 atom stereocenters. The molecule has 1 unspecified atom stereocenters. The van der Waals surface area contributed by atoms with Crippen LogP contribution in [0.5, 0.6) is 0 Å². The predicted molar refractivity (Wildman–Crippen MR) is 64.0 cm³/mol. The third-order valence-electron chi connectivity index (χ3n) is 3.51. The van der Waals surface area contributed by atoms with Crippen LogP contribution in [0.15, 0.2) is 10.9 Å². The van der Waals surface area contributed by atoms with E-state index in [0.717, 1.165) is 0 Å². The number of carbonyl (C=O) groups is 2. The van der Waals surface area contributed by atoms with Crippen LogP contribution in [0.1, 0.15) is 25.6 Å². The zero-order valence-electron chi connectivity index (χ0n) is 10.7. The van der Waals surface area contributed by atoms with E-state index in [2.05, 4.69) is 20.0 Å². The summed E-state index contributed by atoms with van der Waals surface area (Å²) in [4.78, 5) is 26.9. The van der Waals surface area contributed by atoms with Gasteiger partial charge in [0, 0.05) is 13.0 Å². The van der Waals surface area contributed by atoms with Crippen molar-refractivity contribution in [2.75, 3.05) is 6.54 Å². The fourth-order valence-electron chi connectivity index (χ4n) is 2.59. The Morgan fingerprint density at radius 1 is 1.47 bits per heavy atom. The van der Waals surface area contributed by atoms with Crippen molar-refractivity contribution in [3.8, 4) is 0 Å². The van der Waals surface area contributed by atoms with E-state index in [-0.39, 0.29) is 11.8 Å². The largest absolute Gasteiger partial charge is 0.481 e. The van der Waals surface area contributed by atoms with Crippen LogP contribution in [0.2, 0.25) is 0 Å². The molecular formula is C12H17N3O4. The summed E-state index contributed by atoms with van der Waals surface area (Å²) in [6.45, 7) is 2.36. The van der Waals surface area contributed by atoms with Gasteiger partial charge in [-0.3, -0.25) is 9.59 Å². The van der Waals surface area contributed by atoms with Gasteiger partial charge < -0.3 is 14.9 Å². The van der Waals surface area contributed by atoms with Crippen LogP contribution in [-0.2, 0) is 16.0 Å². The maximum absolute atomic E-state index is 12.0. The Balaban J connectivity index is 1.83. The molecule has 1 saturated carbocycles. The molecule has 7 heteroatoms. The molecule has 1 heterocycles. The molecular weight excluding hydrogens is 250 g/mol. The van der Waals surface area contributed by atoms with Gasteiger partial charge in [0.05, 0.1) is 11.8 Å². The molecule has 2 N–H and O–H groups in total. The van der Waals surface area contributed by atoms with Gasteiger partial charge in [-0.1, -0.05) is 12.1 Å². The zero-order chi connectivity index (χ0) is 13.8. The first-order valence-corrected chi connectivity index (χ1v) is 6.33. The first-order chi connectivity index (χ1) is 9.08. The highest BCUT2D eigenvalue weighted by atomic mass is 16.5. The van der Waals surface area contributed by atoms with Crippen LogP contribution >= 0.6 is 0 Å². The highest BCUT2D eigenvalue weighted by Crippen LogP contribution is 2.36. The lowest BCUT2D eigenvalue weighted by Gasteiger charge is -2.15. The third kappa shape index (κ3) is 3.30. The summed E-state index contributed by atoms with van der Waals surface area (Å²) in [6, 6.07) is 0. The average molecular weight is 267 g/mol. The fourth-order valence-corrected chi connectivity index (χ4v) is 2.59. The number of hydrogen-bond donors (Lipinski definition) is 2. The van der Waals surface area contributed by atoms with Gasteiger partial charge in [-0.25, -0.2) is 0 Å². The Labute approximate surface area is 110 Å². The van der Waals surface area contributed by atoms with E-state index >= 15 is 0 Å². The average Bonchev–Trinajstić information content (AvgIpc) is 2.98. The van der Waals surface area contributed by atoms with Crippen molar-refractivity contribution in [1.29, 1.82) is 0 Å². The smallest absolute Gasteiger partial charge is 0.307 e. The minimum absolute atomic E-state index is 0.194. The molecule has 1 fully saturated rings. The first kappa shape index (κ1) is 13.5. The second-order valence-corrected chi connectivity index (χ2v) is 5.02. The van der Waals surface area contributed by atoms with Crippen LogP contribution in [0.4, 0.5) is 0 Å². The van der Waals surface area contributed by atoms with E-state index in [1.807, 2.05) is 6.92 Å². The Hall–Kier alpha value is -1.92. The zero-order valence-corrected chi connectivity index (χ0v) is 10.7. The summed E-state index contributed by atoms with van der Waals surface area (Å²) in [5, 5.41) is 15.5. The summed E-state index contributed by atoms with van der Waals surface area (Å²) >= 11 is 0. The highest BCUT2D eigenvalue weighted by molar-refractivity contribution is 5.85. The van der Waals surface area contributed by atoms with Crippen molar-refractivity contribution < 1.29 is 19.2 Å². The minimum atomic E-state index is -0.886. The molecule has 1 amide bonds. The lowest BCUT2D eigenvalue weighted by molar-refractivity contribution is -0.146. The third-order valence-corrected chi connectivity index (χ3v) is 3.51. The summed E-state index contributed by atoms with van der Waals surface area (Å²) in [7, 11) is 0. The topological polar surface area (TPSA) is 105 Å². The lowest BCUT2D eigenvalue weighted by atomic mass is 9.95. The van der Waals surface area contributed by atoms with Crippen LogP contribution in [0, 0.1) is 17.8 Å².